The number of carbonyl (C=O) groups is 1. The van der Waals surface area contributed by atoms with Crippen LogP contribution in [0.15, 0.2) is 0 Å². The molecule has 0 radical (unpaired) electrons. The number of rotatable bonds is 8. The summed E-state index contributed by atoms with van der Waals surface area (Å²) >= 11 is 0. The summed E-state index contributed by atoms with van der Waals surface area (Å²) in [6.07, 6.45) is 0.909. The lowest BCUT2D eigenvalue weighted by Gasteiger charge is -2.35. The van der Waals surface area contributed by atoms with Crippen molar-refractivity contribution in [2.45, 2.75) is 45.4 Å². The molecule has 1 rings (SSSR count). The molecule has 2 atom stereocenters. The summed E-state index contributed by atoms with van der Waals surface area (Å²) < 4.78 is 11.0. The normalized spacial score (nSPS) is 21.9. The van der Waals surface area contributed by atoms with E-state index in [0.717, 1.165) is 19.5 Å². The van der Waals surface area contributed by atoms with Gasteiger partial charge in [0, 0.05) is 32.3 Å². The van der Waals surface area contributed by atoms with Gasteiger partial charge in [-0.05, 0) is 27.2 Å². The molecule has 3 N–H and O–H groups in total. The second-order valence-corrected chi connectivity index (χ2v) is 5.39. The predicted octanol–water partition coefficient (Wildman–Crippen LogP) is -0.0343. The van der Waals surface area contributed by atoms with Crippen molar-refractivity contribution >= 4 is 5.91 Å². The average Bonchev–Trinajstić information content (AvgIpc) is 2.43. The third kappa shape index (κ3) is 5.75. The van der Waals surface area contributed by atoms with Crippen LogP contribution >= 0.6 is 0 Å². The van der Waals surface area contributed by atoms with Gasteiger partial charge in [0.15, 0.2) is 0 Å². The Labute approximate surface area is 122 Å². The number of nitrogens with one attached hydrogen (secondary N) is 1. The van der Waals surface area contributed by atoms with Gasteiger partial charge in [0.05, 0.1) is 19.3 Å². The second kappa shape index (κ2) is 9.28. The fraction of sp³-hybridized carbons (Fsp3) is 0.929. The summed E-state index contributed by atoms with van der Waals surface area (Å²) in [5, 5.41) is 2.95. The minimum Gasteiger partial charge on any atom is -0.378 e. The van der Waals surface area contributed by atoms with Gasteiger partial charge in [-0.1, -0.05) is 0 Å². The van der Waals surface area contributed by atoms with Crippen molar-refractivity contribution in [3.05, 3.63) is 0 Å². The highest BCUT2D eigenvalue weighted by Crippen LogP contribution is 2.10. The van der Waals surface area contributed by atoms with Crippen molar-refractivity contribution in [2.24, 2.45) is 5.73 Å². The first kappa shape index (κ1) is 17.4. The highest BCUT2D eigenvalue weighted by molar-refractivity contribution is 5.82. The predicted molar refractivity (Wildman–Crippen MR) is 78.5 cm³/mol. The number of hydrogen-bond donors (Lipinski definition) is 2. The molecular weight excluding hydrogens is 258 g/mol. The Morgan fingerprint density at radius 3 is 2.90 bits per heavy atom. The third-order valence-corrected chi connectivity index (χ3v) is 3.38. The summed E-state index contributed by atoms with van der Waals surface area (Å²) in [4.78, 5) is 14.3. The third-order valence-electron chi connectivity index (χ3n) is 3.38. The second-order valence-electron chi connectivity index (χ2n) is 5.39. The molecule has 1 aliphatic heterocycles. The molecule has 0 aromatic heterocycles. The van der Waals surface area contributed by atoms with Crippen LogP contribution in [-0.4, -0.2) is 68.4 Å². The molecule has 1 saturated heterocycles. The zero-order chi connectivity index (χ0) is 15.0. The molecule has 0 spiro atoms. The van der Waals surface area contributed by atoms with Crippen LogP contribution in [0, 0.1) is 0 Å². The highest BCUT2D eigenvalue weighted by Gasteiger charge is 2.29. The summed E-state index contributed by atoms with van der Waals surface area (Å²) in [5.41, 5.74) is 5.69. The molecular formula is C14H29N3O3. The molecule has 6 nitrogen and oxygen atoms in total. The van der Waals surface area contributed by atoms with Gasteiger partial charge >= 0.3 is 0 Å². The van der Waals surface area contributed by atoms with E-state index in [4.69, 9.17) is 15.2 Å². The van der Waals surface area contributed by atoms with Crippen molar-refractivity contribution in [3.63, 3.8) is 0 Å². The fourth-order valence-electron chi connectivity index (χ4n) is 2.34. The Balaban J connectivity index is 2.49. The molecule has 0 saturated carbocycles. The number of morpholine rings is 1. The van der Waals surface area contributed by atoms with E-state index in [2.05, 4.69) is 10.2 Å². The lowest BCUT2D eigenvalue weighted by atomic mass is 10.1. The van der Waals surface area contributed by atoms with Crippen LogP contribution < -0.4 is 11.1 Å². The van der Waals surface area contributed by atoms with Crippen LogP contribution in [0.5, 0.6) is 0 Å². The number of nitrogens with zero attached hydrogens (tertiary/aromatic N) is 1. The standard InChI is InChI=1S/C14H29N3O3/c1-4-20-12(9-15)5-6-17-7-8-19-10-13(17)14(18)16-11(2)3/h11-13H,4-10,15H2,1-3H3,(H,16,18). The monoisotopic (exact) mass is 287 g/mol. The van der Waals surface area contributed by atoms with Crippen LogP contribution in [0.25, 0.3) is 0 Å². The first-order valence-electron chi connectivity index (χ1n) is 7.52. The Morgan fingerprint density at radius 2 is 2.30 bits per heavy atom. The van der Waals surface area contributed by atoms with Crippen molar-refractivity contribution in [3.8, 4) is 0 Å². The van der Waals surface area contributed by atoms with Crippen molar-refractivity contribution < 1.29 is 14.3 Å². The number of hydrogen-bond acceptors (Lipinski definition) is 5. The van der Waals surface area contributed by atoms with E-state index in [-0.39, 0.29) is 24.1 Å². The number of ether oxygens (including phenoxy) is 2. The van der Waals surface area contributed by atoms with Gasteiger partial charge < -0.3 is 20.5 Å². The lowest BCUT2D eigenvalue weighted by Crippen LogP contribution is -2.55. The number of carbonyl (C=O) groups excluding carboxylic acids is 1. The van der Waals surface area contributed by atoms with E-state index in [1.165, 1.54) is 0 Å². The van der Waals surface area contributed by atoms with E-state index in [1.54, 1.807) is 0 Å². The first-order valence-corrected chi connectivity index (χ1v) is 7.52. The molecule has 0 aromatic carbocycles. The molecule has 0 bridgehead atoms. The molecule has 1 heterocycles. The summed E-state index contributed by atoms with van der Waals surface area (Å²) in [6.45, 7) is 9.80. The Bertz CT molecular complexity index is 287. The van der Waals surface area contributed by atoms with Gasteiger partial charge in [-0.3, -0.25) is 9.69 Å². The largest absolute Gasteiger partial charge is 0.378 e. The van der Waals surface area contributed by atoms with E-state index in [9.17, 15) is 4.79 Å². The van der Waals surface area contributed by atoms with E-state index in [0.29, 0.717) is 26.4 Å². The molecule has 2 unspecified atom stereocenters. The summed E-state index contributed by atoms with van der Waals surface area (Å²) in [7, 11) is 0. The fourth-order valence-corrected chi connectivity index (χ4v) is 2.34. The quantitative estimate of drug-likeness (QED) is 0.655. The minimum atomic E-state index is -0.203. The van der Waals surface area contributed by atoms with Crippen molar-refractivity contribution in [1.82, 2.24) is 10.2 Å². The number of nitrogens with two attached hydrogens (primary N) is 1. The van der Waals surface area contributed by atoms with E-state index < -0.39 is 0 Å². The molecule has 0 aromatic rings. The molecule has 1 fully saturated rings. The van der Waals surface area contributed by atoms with Crippen LogP contribution in [0.4, 0.5) is 0 Å². The maximum atomic E-state index is 12.2. The van der Waals surface area contributed by atoms with E-state index >= 15 is 0 Å². The summed E-state index contributed by atoms with van der Waals surface area (Å²) in [6, 6.07) is -0.0577. The maximum Gasteiger partial charge on any atom is 0.239 e. The van der Waals surface area contributed by atoms with Crippen LogP contribution in [0.2, 0.25) is 0 Å². The van der Waals surface area contributed by atoms with Crippen molar-refractivity contribution in [1.29, 1.82) is 0 Å². The number of amides is 1. The van der Waals surface area contributed by atoms with Crippen molar-refractivity contribution in [2.75, 3.05) is 39.5 Å². The SMILES string of the molecule is CCOC(CN)CCN1CCOCC1C(=O)NC(C)C. The highest BCUT2D eigenvalue weighted by atomic mass is 16.5. The van der Waals surface area contributed by atoms with Gasteiger partial charge in [0.2, 0.25) is 5.91 Å². The van der Waals surface area contributed by atoms with Gasteiger partial charge in [0.25, 0.3) is 0 Å². The molecule has 20 heavy (non-hydrogen) atoms. The molecule has 6 heteroatoms. The Morgan fingerprint density at radius 1 is 1.55 bits per heavy atom. The Kier molecular flexibility index (Phi) is 8.06. The van der Waals surface area contributed by atoms with E-state index in [1.807, 2.05) is 20.8 Å². The topological polar surface area (TPSA) is 76.8 Å². The van der Waals surface area contributed by atoms with Crippen LogP contribution in [0.3, 0.4) is 0 Å². The van der Waals surface area contributed by atoms with Crippen LogP contribution in [0.1, 0.15) is 27.2 Å². The zero-order valence-corrected chi connectivity index (χ0v) is 12.9. The van der Waals surface area contributed by atoms with Gasteiger partial charge in [-0.2, -0.15) is 0 Å². The average molecular weight is 287 g/mol. The molecule has 0 aliphatic carbocycles. The maximum absolute atomic E-state index is 12.2. The lowest BCUT2D eigenvalue weighted by molar-refractivity contribution is -0.133. The molecule has 1 amide bonds. The Hall–Kier alpha value is -0.690. The molecule has 1 aliphatic rings. The van der Waals surface area contributed by atoms with Gasteiger partial charge in [0.1, 0.15) is 6.04 Å². The van der Waals surface area contributed by atoms with Gasteiger partial charge in [-0.25, -0.2) is 0 Å². The van der Waals surface area contributed by atoms with Crippen LogP contribution in [-0.2, 0) is 14.3 Å². The minimum absolute atomic E-state index is 0.0420. The first-order chi connectivity index (χ1) is 9.58. The zero-order valence-electron chi connectivity index (χ0n) is 12.9. The summed E-state index contributed by atoms with van der Waals surface area (Å²) in [5.74, 6) is 0.0420. The molecule has 118 valence electrons. The van der Waals surface area contributed by atoms with Gasteiger partial charge in [-0.15, -0.1) is 0 Å². The smallest absolute Gasteiger partial charge is 0.239 e.